The Bertz CT molecular complexity index is 971. The van der Waals surface area contributed by atoms with E-state index in [1.165, 1.54) is 24.8 Å². The number of aromatic nitrogens is 2. The molecule has 1 fully saturated rings. The number of para-hydroxylation sites is 2. The minimum Gasteiger partial charge on any atom is -0.486 e. The van der Waals surface area contributed by atoms with E-state index in [9.17, 15) is 4.79 Å². The van der Waals surface area contributed by atoms with Crippen molar-refractivity contribution < 1.29 is 9.53 Å². The Labute approximate surface area is 172 Å². The fourth-order valence-corrected chi connectivity index (χ4v) is 4.11. The Balaban J connectivity index is 1.54. The average molecular weight is 392 g/mol. The van der Waals surface area contributed by atoms with Crippen LogP contribution in [0, 0.1) is 6.92 Å². The van der Waals surface area contributed by atoms with E-state index < -0.39 is 0 Å². The minimum absolute atomic E-state index is 0.136. The highest BCUT2D eigenvalue weighted by Crippen LogP contribution is 2.23. The molecule has 4 rings (SSSR count). The quantitative estimate of drug-likeness (QED) is 0.611. The van der Waals surface area contributed by atoms with Gasteiger partial charge in [0.1, 0.15) is 24.7 Å². The van der Waals surface area contributed by atoms with Gasteiger partial charge in [0.05, 0.1) is 11.0 Å². The van der Waals surface area contributed by atoms with Crippen molar-refractivity contribution in [1.29, 1.82) is 0 Å². The summed E-state index contributed by atoms with van der Waals surface area (Å²) in [5, 5.41) is 0. The summed E-state index contributed by atoms with van der Waals surface area (Å²) in [7, 11) is 1.94. The highest BCUT2D eigenvalue weighted by Gasteiger charge is 2.23. The van der Waals surface area contributed by atoms with Crippen molar-refractivity contribution in [1.82, 2.24) is 14.5 Å². The molecule has 1 saturated carbocycles. The normalized spacial score (nSPS) is 14.8. The number of hydrogen-bond acceptors (Lipinski definition) is 3. The predicted molar refractivity (Wildman–Crippen MR) is 115 cm³/mol. The molecular weight excluding hydrogens is 362 g/mol. The van der Waals surface area contributed by atoms with Crippen LogP contribution in [-0.2, 0) is 17.9 Å². The van der Waals surface area contributed by atoms with Crippen LogP contribution in [0.3, 0.4) is 0 Å². The monoisotopic (exact) mass is 391 g/mol. The van der Waals surface area contributed by atoms with E-state index in [0.717, 1.165) is 35.4 Å². The van der Waals surface area contributed by atoms with Crippen LogP contribution in [0.5, 0.6) is 5.75 Å². The summed E-state index contributed by atoms with van der Waals surface area (Å²) in [5.41, 5.74) is 3.06. The van der Waals surface area contributed by atoms with Crippen molar-refractivity contribution in [2.45, 2.75) is 58.2 Å². The molecule has 0 atom stereocenters. The van der Waals surface area contributed by atoms with Crippen molar-refractivity contribution in [2.24, 2.45) is 0 Å². The summed E-state index contributed by atoms with van der Waals surface area (Å²) in [5.74, 6) is 1.72. The lowest BCUT2D eigenvalue weighted by atomic mass is 9.94. The zero-order chi connectivity index (χ0) is 20.2. The lowest BCUT2D eigenvalue weighted by Crippen LogP contribution is -2.40. The lowest BCUT2D eigenvalue weighted by molar-refractivity contribution is -0.133. The maximum absolute atomic E-state index is 13.1. The maximum atomic E-state index is 13.1. The number of aryl methyl sites for hydroxylation is 1. The van der Waals surface area contributed by atoms with Crippen molar-refractivity contribution in [3.8, 4) is 5.75 Å². The fraction of sp³-hybridized carbons (Fsp3) is 0.417. The molecule has 5 heteroatoms. The number of likely N-dealkylation sites (N-methyl/N-ethyl adjacent to an activating group) is 1. The number of amides is 1. The topological polar surface area (TPSA) is 47.4 Å². The van der Waals surface area contributed by atoms with Gasteiger partial charge in [-0.2, -0.15) is 0 Å². The highest BCUT2D eigenvalue weighted by molar-refractivity contribution is 5.81. The van der Waals surface area contributed by atoms with Crippen molar-refractivity contribution in [3.63, 3.8) is 0 Å². The number of carbonyl (C=O) groups is 1. The van der Waals surface area contributed by atoms with Gasteiger partial charge in [-0.1, -0.05) is 49.1 Å². The first kappa shape index (κ1) is 19.5. The second-order valence-corrected chi connectivity index (χ2v) is 8.00. The second kappa shape index (κ2) is 8.68. The Hall–Kier alpha value is -2.82. The first-order valence-corrected chi connectivity index (χ1v) is 10.5. The number of ether oxygens (including phenoxy) is 1. The van der Waals surface area contributed by atoms with E-state index >= 15 is 0 Å². The van der Waals surface area contributed by atoms with Gasteiger partial charge < -0.3 is 14.2 Å². The lowest BCUT2D eigenvalue weighted by Gasteiger charge is -2.31. The SMILES string of the molecule is Cc1ccc(OCc2nc3ccccc3n2CC(=O)N(C)C2CCCCC2)cc1. The molecule has 29 heavy (non-hydrogen) atoms. The molecule has 152 valence electrons. The first-order chi connectivity index (χ1) is 14.1. The minimum atomic E-state index is 0.136. The van der Waals surface area contributed by atoms with Crippen LogP contribution < -0.4 is 4.74 Å². The Morgan fingerprint density at radius 3 is 2.59 bits per heavy atom. The molecule has 0 bridgehead atoms. The number of hydrogen-bond donors (Lipinski definition) is 0. The van der Waals surface area contributed by atoms with Crippen molar-refractivity contribution in [3.05, 3.63) is 59.9 Å². The Kier molecular flexibility index (Phi) is 5.84. The van der Waals surface area contributed by atoms with Crippen LogP contribution >= 0.6 is 0 Å². The molecule has 0 saturated heterocycles. The van der Waals surface area contributed by atoms with Crippen LogP contribution in [0.4, 0.5) is 0 Å². The third kappa shape index (κ3) is 4.44. The number of fused-ring (bicyclic) bond motifs is 1. The van der Waals surface area contributed by atoms with E-state index in [-0.39, 0.29) is 5.91 Å². The molecule has 1 aliphatic carbocycles. The van der Waals surface area contributed by atoms with Crippen LogP contribution in [0.2, 0.25) is 0 Å². The number of carbonyl (C=O) groups excluding carboxylic acids is 1. The van der Waals surface area contributed by atoms with Crippen molar-refractivity contribution in [2.75, 3.05) is 7.05 Å². The van der Waals surface area contributed by atoms with Gasteiger partial charge in [0, 0.05) is 13.1 Å². The van der Waals surface area contributed by atoms with Gasteiger partial charge in [0.25, 0.3) is 0 Å². The molecule has 2 aromatic carbocycles. The highest BCUT2D eigenvalue weighted by atomic mass is 16.5. The summed E-state index contributed by atoms with van der Waals surface area (Å²) in [6.07, 6.45) is 5.93. The van der Waals surface area contributed by atoms with E-state index in [1.54, 1.807) is 0 Å². The summed E-state index contributed by atoms with van der Waals surface area (Å²) in [4.78, 5) is 19.7. The van der Waals surface area contributed by atoms with Gasteiger partial charge in [-0.25, -0.2) is 4.98 Å². The molecule has 3 aromatic rings. The van der Waals surface area contributed by atoms with E-state index in [1.807, 2.05) is 65.0 Å². The van der Waals surface area contributed by atoms with Crippen molar-refractivity contribution >= 4 is 16.9 Å². The Morgan fingerprint density at radius 1 is 1.10 bits per heavy atom. The molecule has 1 aromatic heterocycles. The molecule has 5 nitrogen and oxygen atoms in total. The largest absolute Gasteiger partial charge is 0.486 e. The smallest absolute Gasteiger partial charge is 0.242 e. The van der Waals surface area contributed by atoms with Gasteiger partial charge in [0.2, 0.25) is 5.91 Å². The summed E-state index contributed by atoms with van der Waals surface area (Å²) < 4.78 is 7.97. The van der Waals surface area contributed by atoms with Gasteiger partial charge in [-0.3, -0.25) is 4.79 Å². The average Bonchev–Trinajstić information content (AvgIpc) is 3.11. The number of nitrogens with zero attached hydrogens (tertiary/aromatic N) is 3. The fourth-order valence-electron chi connectivity index (χ4n) is 4.11. The zero-order valence-corrected chi connectivity index (χ0v) is 17.3. The zero-order valence-electron chi connectivity index (χ0n) is 17.3. The third-order valence-corrected chi connectivity index (χ3v) is 5.93. The molecule has 0 spiro atoms. The maximum Gasteiger partial charge on any atom is 0.242 e. The standard InChI is InChI=1S/C24H29N3O2/c1-18-12-14-20(15-13-18)29-17-23-25-21-10-6-7-11-22(21)27(23)16-24(28)26(2)19-8-4-3-5-9-19/h6-7,10-15,19H,3-5,8-9,16-17H2,1-2H3. The molecular formula is C24H29N3O2. The van der Waals surface area contributed by atoms with Gasteiger partial charge >= 0.3 is 0 Å². The van der Waals surface area contributed by atoms with E-state index in [2.05, 4.69) is 6.92 Å². The molecule has 0 N–H and O–H groups in total. The molecule has 0 unspecified atom stereocenters. The first-order valence-electron chi connectivity index (χ1n) is 10.5. The van der Waals surface area contributed by atoms with E-state index in [0.29, 0.717) is 19.2 Å². The van der Waals surface area contributed by atoms with Crippen LogP contribution in [0.1, 0.15) is 43.5 Å². The summed E-state index contributed by atoms with van der Waals surface area (Å²) in [6, 6.07) is 16.3. The van der Waals surface area contributed by atoms with Gasteiger partial charge in [0.15, 0.2) is 0 Å². The molecule has 0 aliphatic heterocycles. The number of rotatable bonds is 6. The number of benzene rings is 2. The third-order valence-electron chi connectivity index (χ3n) is 5.93. The Morgan fingerprint density at radius 2 is 1.83 bits per heavy atom. The molecule has 0 radical (unpaired) electrons. The number of imidazole rings is 1. The predicted octanol–water partition coefficient (Wildman–Crippen LogP) is 4.71. The molecule has 1 amide bonds. The summed E-state index contributed by atoms with van der Waals surface area (Å²) in [6.45, 7) is 2.68. The van der Waals surface area contributed by atoms with Gasteiger partial charge in [-0.05, 0) is 44.0 Å². The summed E-state index contributed by atoms with van der Waals surface area (Å²) >= 11 is 0. The van der Waals surface area contributed by atoms with Crippen LogP contribution in [0.15, 0.2) is 48.5 Å². The van der Waals surface area contributed by atoms with Crippen LogP contribution in [0.25, 0.3) is 11.0 Å². The van der Waals surface area contributed by atoms with E-state index in [4.69, 9.17) is 9.72 Å². The van der Waals surface area contributed by atoms with Crippen LogP contribution in [-0.4, -0.2) is 33.4 Å². The molecule has 1 aliphatic rings. The van der Waals surface area contributed by atoms with Gasteiger partial charge in [-0.15, -0.1) is 0 Å². The second-order valence-electron chi connectivity index (χ2n) is 8.00. The molecule has 1 heterocycles.